The number of carbonyl (C=O) groups is 3. The molecule has 1 aromatic carbocycles. The number of carboxylic acid groups (broad SMARTS) is 1. The zero-order valence-corrected chi connectivity index (χ0v) is 31.4. The number of benzene rings is 1. The summed E-state index contributed by atoms with van der Waals surface area (Å²) in [6.45, 7) is 1.84. The number of carboxylic acids is 1. The summed E-state index contributed by atoms with van der Waals surface area (Å²) in [4.78, 5) is 44.9. The molecule has 11 nitrogen and oxygen atoms in total. The number of rotatable bonds is 15. The van der Waals surface area contributed by atoms with E-state index in [0.717, 1.165) is 29.8 Å². The molecule has 0 aliphatic carbocycles. The average molecular weight is 815 g/mol. The molecule has 2 aromatic heterocycles. The molecular formula is C38H44F6N4O7S. The van der Waals surface area contributed by atoms with Gasteiger partial charge in [0.15, 0.2) is 6.23 Å². The first-order valence-electron chi connectivity index (χ1n) is 18.3. The van der Waals surface area contributed by atoms with Gasteiger partial charge in [0.05, 0.1) is 29.3 Å². The van der Waals surface area contributed by atoms with Crippen LogP contribution in [0.4, 0.5) is 26.3 Å². The summed E-state index contributed by atoms with van der Waals surface area (Å²) in [7, 11) is 0. The van der Waals surface area contributed by atoms with Crippen LogP contribution in [0.3, 0.4) is 0 Å². The lowest BCUT2D eigenvalue weighted by Crippen LogP contribution is -2.68. The molecule has 2 fully saturated rings. The lowest BCUT2D eigenvalue weighted by Gasteiger charge is -2.52. The number of halogens is 6. The molecule has 0 spiro atoms. The number of primary amides is 1. The Hall–Kier alpha value is -4.42. The summed E-state index contributed by atoms with van der Waals surface area (Å²) in [6, 6.07) is 8.28. The number of alkyl halides is 6. The van der Waals surface area contributed by atoms with Gasteiger partial charge in [0.25, 0.3) is 5.91 Å². The number of para-hydroxylation sites is 1. The van der Waals surface area contributed by atoms with E-state index in [-0.39, 0.29) is 70.5 Å². The quantitative estimate of drug-likeness (QED) is 0.109. The first-order valence-corrected chi connectivity index (χ1v) is 19.2. The Balaban J connectivity index is 1.49. The molecule has 56 heavy (non-hydrogen) atoms. The number of pyridine rings is 1. The van der Waals surface area contributed by atoms with Crippen molar-refractivity contribution < 1.29 is 60.4 Å². The van der Waals surface area contributed by atoms with Crippen LogP contribution in [-0.4, -0.2) is 80.7 Å². The summed E-state index contributed by atoms with van der Waals surface area (Å²) in [5.74, 6) is -2.17. The molecule has 3 aromatic rings. The Kier molecular flexibility index (Phi) is 13.3. The van der Waals surface area contributed by atoms with Crippen molar-refractivity contribution in [2.24, 2.45) is 5.73 Å². The normalized spacial score (nSPS) is 21.0. The van der Waals surface area contributed by atoms with Crippen molar-refractivity contribution in [2.45, 2.75) is 100 Å². The van der Waals surface area contributed by atoms with Crippen LogP contribution < -0.4 is 15.2 Å². The van der Waals surface area contributed by atoms with Gasteiger partial charge in [0.1, 0.15) is 16.4 Å². The fourth-order valence-electron chi connectivity index (χ4n) is 7.80. The topological polar surface area (TPSA) is 156 Å². The van der Waals surface area contributed by atoms with Crippen molar-refractivity contribution in [2.75, 3.05) is 26.2 Å². The zero-order chi connectivity index (χ0) is 40.9. The Morgan fingerprint density at radius 1 is 1.02 bits per heavy atom. The number of nitrogens with zero attached hydrogens (tertiary/aromatic N) is 3. The van der Waals surface area contributed by atoms with Gasteiger partial charge in [0.2, 0.25) is 11.5 Å². The van der Waals surface area contributed by atoms with E-state index >= 15 is 4.79 Å². The third-order valence-electron chi connectivity index (χ3n) is 10.5. The molecule has 4 heterocycles. The van der Waals surface area contributed by atoms with E-state index in [1.54, 1.807) is 31.2 Å². The van der Waals surface area contributed by atoms with Crippen LogP contribution >= 0.6 is 11.3 Å². The SMILES string of the molecule is CCCC1N(C(O)c2ncccc2C(F)(F)F)CCCC1(Oc1csc(C(F)(F)F)c1)C(=O)N1CCC(C(N)=O)(c2ccccc2OCCCCC(=O)O)CC1. The molecule has 18 heteroatoms. The number of hydrogen-bond acceptors (Lipinski definition) is 9. The predicted octanol–water partition coefficient (Wildman–Crippen LogP) is 6.93. The van der Waals surface area contributed by atoms with E-state index in [2.05, 4.69) is 4.98 Å². The number of thiophene rings is 1. The van der Waals surface area contributed by atoms with Crippen LogP contribution in [0, 0.1) is 0 Å². The van der Waals surface area contributed by atoms with Gasteiger partial charge in [-0.2, -0.15) is 26.3 Å². The number of aliphatic carboxylic acids is 1. The summed E-state index contributed by atoms with van der Waals surface area (Å²) < 4.78 is 95.8. The molecule has 2 aliphatic heterocycles. The Morgan fingerprint density at radius 3 is 2.36 bits per heavy atom. The number of hydrogen-bond donors (Lipinski definition) is 3. The first kappa shape index (κ1) is 42.7. The van der Waals surface area contributed by atoms with E-state index in [0.29, 0.717) is 41.9 Å². The highest BCUT2D eigenvalue weighted by Gasteiger charge is 2.57. The highest BCUT2D eigenvalue weighted by molar-refractivity contribution is 7.10. The third-order valence-corrected chi connectivity index (χ3v) is 11.5. The van der Waals surface area contributed by atoms with Crippen molar-refractivity contribution in [1.29, 1.82) is 0 Å². The highest BCUT2D eigenvalue weighted by Crippen LogP contribution is 2.46. The van der Waals surface area contributed by atoms with Crippen LogP contribution in [0.15, 0.2) is 54.0 Å². The number of aromatic nitrogens is 1. The summed E-state index contributed by atoms with van der Waals surface area (Å²) in [5.41, 5.74) is 1.39. The van der Waals surface area contributed by atoms with Crippen molar-refractivity contribution in [3.8, 4) is 11.5 Å². The molecule has 0 bridgehead atoms. The molecule has 2 aliphatic rings. The summed E-state index contributed by atoms with van der Waals surface area (Å²) in [6.07, 6.45) is -9.09. The maximum absolute atomic E-state index is 15.0. The van der Waals surface area contributed by atoms with Crippen molar-refractivity contribution >= 4 is 29.1 Å². The molecule has 306 valence electrons. The van der Waals surface area contributed by atoms with Gasteiger partial charge < -0.3 is 30.3 Å². The number of likely N-dealkylation sites (tertiary alicyclic amines) is 2. The number of ether oxygens (including phenoxy) is 2. The first-order chi connectivity index (χ1) is 26.4. The fraction of sp³-hybridized carbons (Fsp3) is 0.526. The molecule has 0 radical (unpaired) electrons. The van der Waals surface area contributed by atoms with Crippen molar-refractivity contribution in [3.63, 3.8) is 0 Å². The maximum Gasteiger partial charge on any atom is 0.425 e. The molecule has 4 N–H and O–H groups in total. The molecule has 5 rings (SSSR count). The van der Waals surface area contributed by atoms with E-state index < -0.39 is 69.6 Å². The summed E-state index contributed by atoms with van der Waals surface area (Å²) >= 11 is 0.363. The lowest BCUT2D eigenvalue weighted by molar-refractivity contribution is -0.175. The number of piperidine rings is 2. The average Bonchev–Trinajstić information content (AvgIpc) is 3.64. The van der Waals surface area contributed by atoms with Crippen LogP contribution in [0.2, 0.25) is 0 Å². The minimum atomic E-state index is -4.88. The lowest BCUT2D eigenvalue weighted by atomic mass is 9.71. The van der Waals surface area contributed by atoms with Gasteiger partial charge in [-0.3, -0.25) is 24.3 Å². The standard InChI is InChI=1S/C38H44F6N4O7S/c1-2-9-28-36(55-24-22-29(56-23-24)38(42,43)44,14-8-18-48(28)32(51)31-26(37(39,40)41)11-7-17-46-31)34(53)47-19-15-35(16-20-47,33(45)52)25-10-3-4-12-27(25)54-21-6-5-13-30(49)50/h3-4,7,10-12,17,22-23,28,32,51H,2,5-6,8-9,13-16,18-21H2,1H3,(H2,45,52)(H,49,50). The fourth-order valence-corrected chi connectivity index (χ4v) is 8.48. The number of amides is 2. The second-order valence-electron chi connectivity index (χ2n) is 14.0. The van der Waals surface area contributed by atoms with Gasteiger partial charge in [0, 0.05) is 49.3 Å². The molecule has 3 atom stereocenters. The smallest absolute Gasteiger partial charge is 0.425 e. The van der Waals surface area contributed by atoms with Gasteiger partial charge in [-0.25, -0.2) is 0 Å². The summed E-state index contributed by atoms with van der Waals surface area (Å²) in [5, 5.41) is 21.7. The molecule has 0 saturated carbocycles. The van der Waals surface area contributed by atoms with Crippen LogP contribution in [0.1, 0.15) is 92.6 Å². The molecular weight excluding hydrogens is 770 g/mol. The maximum atomic E-state index is 15.0. The zero-order valence-electron chi connectivity index (χ0n) is 30.6. The Bertz CT molecular complexity index is 1850. The number of nitrogens with two attached hydrogens (primary N) is 1. The van der Waals surface area contributed by atoms with E-state index in [4.69, 9.17) is 20.3 Å². The Labute approximate surface area is 323 Å². The number of aliphatic hydroxyl groups is 1. The van der Waals surface area contributed by atoms with Crippen LogP contribution in [0.5, 0.6) is 11.5 Å². The molecule has 2 saturated heterocycles. The second kappa shape index (κ2) is 17.4. The van der Waals surface area contributed by atoms with E-state index in [1.165, 1.54) is 9.80 Å². The van der Waals surface area contributed by atoms with Gasteiger partial charge in [-0.1, -0.05) is 31.5 Å². The monoisotopic (exact) mass is 814 g/mol. The highest BCUT2D eigenvalue weighted by atomic mass is 32.1. The minimum absolute atomic E-state index is 0.0212. The van der Waals surface area contributed by atoms with Gasteiger partial charge in [-0.05, 0) is 63.1 Å². The number of carbonyl (C=O) groups excluding carboxylic acids is 2. The van der Waals surface area contributed by atoms with Gasteiger partial charge >= 0.3 is 18.3 Å². The largest absolute Gasteiger partial charge is 0.493 e. The third kappa shape index (κ3) is 9.07. The second-order valence-corrected chi connectivity index (χ2v) is 14.9. The predicted molar refractivity (Wildman–Crippen MR) is 192 cm³/mol. The van der Waals surface area contributed by atoms with E-state index in [1.807, 2.05) is 0 Å². The number of aliphatic hydroxyl groups excluding tert-OH is 1. The molecule has 3 unspecified atom stereocenters. The van der Waals surface area contributed by atoms with Crippen LogP contribution in [-0.2, 0) is 32.2 Å². The Morgan fingerprint density at radius 2 is 1.73 bits per heavy atom. The minimum Gasteiger partial charge on any atom is -0.493 e. The van der Waals surface area contributed by atoms with Crippen molar-refractivity contribution in [3.05, 3.63) is 75.7 Å². The molecule has 2 amide bonds. The van der Waals surface area contributed by atoms with E-state index in [9.17, 15) is 41.0 Å². The van der Waals surface area contributed by atoms with Crippen LogP contribution in [0.25, 0.3) is 0 Å². The van der Waals surface area contributed by atoms with Crippen molar-refractivity contribution in [1.82, 2.24) is 14.8 Å². The number of unbranched alkanes of at least 4 members (excludes halogenated alkanes) is 1. The van der Waals surface area contributed by atoms with Gasteiger partial charge in [-0.15, -0.1) is 11.3 Å².